The van der Waals surface area contributed by atoms with Gasteiger partial charge in [-0.1, -0.05) is 67.4 Å². The molecule has 4 heterocycles. The molecular weight excluding hydrogens is 680 g/mol. The van der Waals surface area contributed by atoms with E-state index in [4.69, 9.17) is 4.74 Å². The van der Waals surface area contributed by atoms with E-state index in [0.29, 0.717) is 11.5 Å². The van der Waals surface area contributed by atoms with Crippen molar-refractivity contribution < 1.29 is 25.8 Å². The van der Waals surface area contributed by atoms with Gasteiger partial charge < -0.3 is 19.1 Å². The average Bonchev–Trinajstić information content (AvgIpc) is 3.46. The number of fused-ring (bicyclic) bond motifs is 6. The summed E-state index contributed by atoms with van der Waals surface area (Å²) in [5.74, 6) is 2.19. The Balaban J connectivity index is 0.00000277. The molecule has 5 aromatic rings. The van der Waals surface area contributed by atoms with Crippen molar-refractivity contribution in [2.45, 2.75) is 32.0 Å². The molecular formula is C32H29N4OPtSi-3. The van der Waals surface area contributed by atoms with Gasteiger partial charge in [0.25, 0.3) is 0 Å². The standard InChI is InChI=1S/C32H29N4OSi.Pt/c1-32(2)26-16-14-23(19-29(26)35-21-34(3)20-31(35)38(32,4)5)37-22-13-15-25-24-10-6-7-11-27(24)36(28(25)18-22)30-12-8-9-17-33-30;/h6-17,20-21H,1-5H3;/q-3;. The van der Waals surface area contributed by atoms with Gasteiger partial charge in [-0.05, 0) is 42.2 Å². The van der Waals surface area contributed by atoms with Crippen molar-refractivity contribution in [1.29, 1.82) is 0 Å². The molecule has 0 saturated heterocycles. The van der Waals surface area contributed by atoms with Crippen LogP contribution >= 0.6 is 0 Å². The van der Waals surface area contributed by atoms with Crippen molar-refractivity contribution in [1.82, 2.24) is 14.5 Å². The van der Waals surface area contributed by atoms with Gasteiger partial charge in [-0.25, -0.2) is 4.98 Å². The summed E-state index contributed by atoms with van der Waals surface area (Å²) in [6.07, 6.45) is 4.09. The summed E-state index contributed by atoms with van der Waals surface area (Å²) in [5.41, 5.74) is 4.42. The monoisotopic (exact) mass is 708 g/mol. The molecule has 5 nitrogen and oxygen atoms in total. The molecule has 0 fully saturated rings. The summed E-state index contributed by atoms with van der Waals surface area (Å²) < 4.78 is 8.58. The first-order valence-corrected chi connectivity index (χ1v) is 16.0. The summed E-state index contributed by atoms with van der Waals surface area (Å²) in [5, 5.41) is 3.75. The number of para-hydroxylation sites is 1. The smallest absolute Gasteiger partial charge is 0.135 e. The summed E-state index contributed by atoms with van der Waals surface area (Å²) in [6, 6.07) is 29.9. The minimum absolute atomic E-state index is 0. The van der Waals surface area contributed by atoms with Crippen LogP contribution in [0.25, 0.3) is 27.6 Å². The Bertz CT molecular complexity index is 1760. The van der Waals surface area contributed by atoms with Crippen LogP contribution < -0.4 is 9.64 Å². The van der Waals surface area contributed by atoms with E-state index in [2.05, 4.69) is 115 Å². The van der Waals surface area contributed by atoms with E-state index in [1.807, 2.05) is 36.5 Å². The van der Waals surface area contributed by atoms with Crippen LogP contribution in [0.15, 0.2) is 84.4 Å². The number of ether oxygens (including phenoxy) is 1. The second kappa shape index (κ2) is 9.11. The molecule has 0 amide bonds. The van der Waals surface area contributed by atoms with E-state index in [9.17, 15) is 0 Å². The number of anilines is 1. The van der Waals surface area contributed by atoms with Gasteiger partial charge in [-0.15, -0.1) is 35.2 Å². The SMILES string of the molecule is CN1C=C2N([CH-]1)c1[c-]c(Oc3[c-]c4c(cc3)c3ccccc3n4-c3ccccn3)ccc1C(C)(C)[Si]2(C)C.[Pt]. The van der Waals surface area contributed by atoms with Gasteiger partial charge in [0.2, 0.25) is 0 Å². The molecule has 0 saturated carbocycles. The third kappa shape index (κ3) is 3.80. The molecule has 0 unspecified atom stereocenters. The maximum Gasteiger partial charge on any atom is 0.135 e. The van der Waals surface area contributed by atoms with Crippen LogP contribution in [0.1, 0.15) is 19.4 Å². The molecule has 200 valence electrons. The molecule has 0 N–H and O–H groups in total. The summed E-state index contributed by atoms with van der Waals surface area (Å²) >= 11 is 0. The molecule has 2 aliphatic rings. The number of pyridine rings is 1. The Labute approximate surface area is 245 Å². The molecule has 7 rings (SSSR count). The largest absolute Gasteiger partial charge is 0.510 e. The fourth-order valence-corrected chi connectivity index (χ4v) is 8.64. The Hall–Kier alpha value is -3.34. The van der Waals surface area contributed by atoms with Crippen LogP contribution in [0.3, 0.4) is 0 Å². The molecule has 0 atom stereocenters. The third-order valence-corrected chi connectivity index (χ3v) is 13.6. The Morgan fingerprint density at radius 2 is 1.64 bits per heavy atom. The molecule has 7 heteroatoms. The van der Waals surface area contributed by atoms with Gasteiger partial charge in [-0.3, -0.25) is 0 Å². The normalized spacial score (nSPS) is 17.0. The zero-order chi connectivity index (χ0) is 26.2. The fraction of sp³-hybridized carbons (Fsp3) is 0.188. The second-order valence-electron chi connectivity index (χ2n) is 11.2. The van der Waals surface area contributed by atoms with Crippen LogP contribution in [0.4, 0.5) is 5.69 Å². The summed E-state index contributed by atoms with van der Waals surface area (Å²) in [4.78, 5) is 9.09. The molecule has 2 aliphatic heterocycles. The summed E-state index contributed by atoms with van der Waals surface area (Å²) in [6.45, 7) is 11.8. The van der Waals surface area contributed by atoms with E-state index >= 15 is 0 Å². The first-order chi connectivity index (χ1) is 18.3. The van der Waals surface area contributed by atoms with Gasteiger partial charge in [0.05, 0.1) is 8.07 Å². The van der Waals surface area contributed by atoms with Crippen LogP contribution in [0.2, 0.25) is 13.1 Å². The van der Waals surface area contributed by atoms with Crippen LogP contribution in [0.5, 0.6) is 11.5 Å². The molecule has 0 aliphatic carbocycles. The van der Waals surface area contributed by atoms with E-state index < -0.39 is 8.07 Å². The summed E-state index contributed by atoms with van der Waals surface area (Å²) in [7, 11) is 0.311. The molecule has 3 aromatic carbocycles. The maximum atomic E-state index is 6.43. The topological polar surface area (TPSA) is 33.5 Å². The van der Waals surface area contributed by atoms with Gasteiger partial charge >= 0.3 is 0 Å². The van der Waals surface area contributed by atoms with Crippen LogP contribution in [-0.2, 0) is 26.1 Å². The minimum Gasteiger partial charge on any atom is -0.510 e. The van der Waals surface area contributed by atoms with E-state index in [1.165, 1.54) is 16.3 Å². The van der Waals surface area contributed by atoms with Crippen molar-refractivity contribution in [3.8, 4) is 17.3 Å². The molecule has 0 spiro atoms. The Morgan fingerprint density at radius 1 is 0.897 bits per heavy atom. The molecule has 0 bridgehead atoms. The van der Waals surface area contributed by atoms with Crippen molar-refractivity contribution in [3.05, 3.63) is 109 Å². The zero-order valence-electron chi connectivity index (χ0n) is 22.6. The predicted molar refractivity (Wildman–Crippen MR) is 156 cm³/mol. The number of hydrogen-bond donors (Lipinski definition) is 0. The van der Waals surface area contributed by atoms with Crippen molar-refractivity contribution in [2.24, 2.45) is 0 Å². The Kier molecular flexibility index (Phi) is 6.05. The molecule has 0 radical (unpaired) electrons. The van der Waals surface area contributed by atoms with Gasteiger partial charge in [0.1, 0.15) is 5.82 Å². The fourth-order valence-electron chi connectivity index (χ4n) is 5.82. The number of hydrogen-bond acceptors (Lipinski definition) is 4. The quantitative estimate of drug-likeness (QED) is 0.145. The predicted octanol–water partition coefficient (Wildman–Crippen LogP) is 7.36. The number of benzene rings is 3. The van der Waals surface area contributed by atoms with Crippen molar-refractivity contribution in [2.75, 3.05) is 11.9 Å². The Morgan fingerprint density at radius 3 is 2.44 bits per heavy atom. The molecule has 39 heavy (non-hydrogen) atoms. The van der Waals surface area contributed by atoms with E-state index in [1.54, 1.807) is 0 Å². The number of nitrogens with zero attached hydrogens (tertiary/aromatic N) is 4. The molecule has 2 aromatic heterocycles. The van der Waals surface area contributed by atoms with Gasteiger partial charge in [-0.2, -0.15) is 18.8 Å². The van der Waals surface area contributed by atoms with E-state index in [0.717, 1.165) is 27.9 Å². The van der Waals surface area contributed by atoms with E-state index in [-0.39, 0.29) is 26.1 Å². The van der Waals surface area contributed by atoms with Gasteiger partial charge in [0.15, 0.2) is 0 Å². The maximum absolute atomic E-state index is 6.43. The number of aromatic nitrogens is 2. The van der Waals surface area contributed by atoms with Crippen LogP contribution in [-0.4, -0.2) is 29.6 Å². The van der Waals surface area contributed by atoms with Crippen LogP contribution in [0, 0.1) is 18.8 Å². The first kappa shape index (κ1) is 25.9. The third-order valence-electron chi connectivity index (χ3n) is 8.55. The average molecular weight is 709 g/mol. The van der Waals surface area contributed by atoms with Gasteiger partial charge in [0, 0.05) is 44.3 Å². The second-order valence-corrected chi connectivity index (χ2v) is 16.2. The first-order valence-electron chi connectivity index (χ1n) is 13.0. The minimum atomic E-state index is -1.78. The number of rotatable bonds is 3. The zero-order valence-corrected chi connectivity index (χ0v) is 25.9. The van der Waals surface area contributed by atoms with Crippen molar-refractivity contribution >= 4 is 35.6 Å². The van der Waals surface area contributed by atoms with Crippen molar-refractivity contribution in [3.63, 3.8) is 0 Å².